The van der Waals surface area contributed by atoms with Crippen molar-refractivity contribution >= 4 is 0 Å². The lowest BCUT2D eigenvalue weighted by molar-refractivity contribution is 0.436. The predicted molar refractivity (Wildman–Crippen MR) is 215 cm³/mol. The Bertz CT molecular complexity index is 2750. The summed E-state index contributed by atoms with van der Waals surface area (Å²) in [4.78, 5) is 0. The van der Waals surface area contributed by atoms with Crippen molar-refractivity contribution in [2.75, 3.05) is 0 Å². The van der Waals surface area contributed by atoms with Crippen molar-refractivity contribution in [1.82, 2.24) is 0 Å². The minimum atomic E-state index is -0.675. The van der Waals surface area contributed by atoms with Crippen molar-refractivity contribution in [1.29, 1.82) is 10.5 Å². The van der Waals surface area contributed by atoms with E-state index < -0.39 is 5.41 Å². The Balaban J connectivity index is 1.26. The van der Waals surface area contributed by atoms with Gasteiger partial charge in [-0.3, -0.25) is 0 Å². The second kappa shape index (κ2) is 12.3. The summed E-state index contributed by atoms with van der Waals surface area (Å²) in [5.74, 6) is 1.67. The topological polar surface area (TPSA) is 56.8 Å². The molecule has 0 fully saturated rings. The smallest absolute Gasteiger partial charge is 0.132 e. The van der Waals surface area contributed by atoms with Crippen LogP contribution in [0, 0.1) is 22.7 Å². The number of fused-ring (bicyclic) bond motifs is 9. The molecule has 1 aliphatic carbocycles. The number of hydrogen-bond donors (Lipinski definition) is 0. The molecule has 0 atom stereocenters. The second-order valence-corrected chi connectivity index (χ2v) is 13.8. The Morgan fingerprint density at radius 1 is 0.352 bits per heavy atom. The first kappa shape index (κ1) is 31.3. The van der Waals surface area contributed by atoms with Gasteiger partial charge in [-0.05, 0) is 104 Å². The molecule has 0 N–H and O–H groups in total. The SMILES string of the molecule is N#Cc1ccc(-c2ccc3c(c2)C2(c4ccccc4Oc4ccccc42)c2cc(-c4cc(-c5ccccc5)c(C#N)c(-c5ccccc5)c4)ccc2-3)cc1. The highest BCUT2D eigenvalue weighted by molar-refractivity contribution is 5.93. The van der Waals surface area contributed by atoms with E-state index in [1.165, 1.54) is 22.3 Å². The van der Waals surface area contributed by atoms with Gasteiger partial charge in [-0.1, -0.05) is 133 Å². The fraction of sp³-hybridized carbons (Fsp3) is 0.0196. The molecule has 0 unspecified atom stereocenters. The lowest BCUT2D eigenvalue weighted by Gasteiger charge is -2.39. The fourth-order valence-electron chi connectivity index (χ4n) is 8.61. The molecular formula is C51H30N2O. The lowest BCUT2D eigenvalue weighted by Crippen LogP contribution is -2.32. The molecule has 54 heavy (non-hydrogen) atoms. The summed E-state index contributed by atoms with van der Waals surface area (Å²) >= 11 is 0. The largest absolute Gasteiger partial charge is 0.457 e. The van der Waals surface area contributed by atoms with Crippen LogP contribution in [0.25, 0.3) is 55.6 Å². The fourth-order valence-corrected chi connectivity index (χ4v) is 8.61. The summed E-state index contributed by atoms with van der Waals surface area (Å²) < 4.78 is 6.64. The van der Waals surface area contributed by atoms with E-state index in [2.05, 4.69) is 121 Å². The quantitative estimate of drug-likeness (QED) is 0.185. The van der Waals surface area contributed by atoms with E-state index in [-0.39, 0.29) is 0 Å². The lowest BCUT2D eigenvalue weighted by atomic mass is 9.65. The number of hydrogen-bond acceptors (Lipinski definition) is 3. The molecule has 10 rings (SSSR count). The Kier molecular flexibility index (Phi) is 7.15. The zero-order chi connectivity index (χ0) is 36.2. The Morgan fingerprint density at radius 2 is 0.815 bits per heavy atom. The third kappa shape index (κ3) is 4.66. The van der Waals surface area contributed by atoms with Crippen molar-refractivity contribution < 1.29 is 4.74 Å². The molecule has 0 radical (unpaired) electrons. The van der Waals surface area contributed by atoms with E-state index in [9.17, 15) is 10.5 Å². The van der Waals surface area contributed by atoms with Crippen LogP contribution in [0.5, 0.6) is 11.5 Å². The Labute approximate surface area is 314 Å². The Hall–Kier alpha value is -7.46. The summed E-state index contributed by atoms with van der Waals surface area (Å²) in [7, 11) is 0. The van der Waals surface area contributed by atoms with Crippen molar-refractivity contribution in [3.63, 3.8) is 0 Å². The van der Waals surface area contributed by atoms with Gasteiger partial charge in [0, 0.05) is 22.3 Å². The molecule has 1 spiro atoms. The van der Waals surface area contributed by atoms with Crippen LogP contribution in [0.15, 0.2) is 182 Å². The molecule has 1 aliphatic heterocycles. The minimum absolute atomic E-state index is 0.636. The van der Waals surface area contributed by atoms with Crippen molar-refractivity contribution in [2.24, 2.45) is 0 Å². The van der Waals surface area contributed by atoms with Gasteiger partial charge < -0.3 is 4.74 Å². The first-order chi connectivity index (χ1) is 26.7. The average molecular weight is 687 g/mol. The summed E-state index contributed by atoms with van der Waals surface area (Å²) in [5, 5.41) is 20.1. The number of para-hydroxylation sites is 2. The number of benzene rings is 8. The highest BCUT2D eigenvalue weighted by Crippen LogP contribution is 2.63. The van der Waals surface area contributed by atoms with Gasteiger partial charge in [0.15, 0.2) is 0 Å². The standard InChI is InChI=1S/C51H30N2O/c52-31-33-19-21-34(22-20-33)37-23-25-40-41-26-24-38(39-27-42(35-11-3-1-4-12-35)44(32-53)43(28-39)36-13-5-2-6-14-36)30-48(41)51(47(40)29-37)45-15-7-9-17-49(45)54-50-18-10-8-16-46(50)51/h1-30H. The maximum Gasteiger partial charge on any atom is 0.132 e. The van der Waals surface area contributed by atoms with Gasteiger partial charge in [-0.25, -0.2) is 0 Å². The summed E-state index contributed by atoms with van der Waals surface area (Å²) in [6.45, 7) is 0. The van der Waals surface area contributed by atoms with E-state index in [1.54, 1.807) is 0 Å². The number of nitrogens with zero attached hydrogens (tertiary/aromatic N) is 2. The monoisotopic (exact) mass is 686 g/mol. The molecule has 3 nitrogen and oxygen atoms in total. The van der Waals surface area contributed by atoms with Crippen LogP contribution < -0.4 is 4.74 Å². The van der Waals surface area contributed by atoms with Gasteiger partial charge >= 0.3 is 0 Å². The van der Waals surface area contributed by atoms with Gasteiger partial charge in [-0.2, -0.15) is 10.5 Å². The van der Waals surface area contributed by atoms with Crippen molar-refractivity contribution in [3.8, 4) is 79.3 Å². The highest BCUT2D eigenvalue weighted by Gasteiger charge is 2.51. The van der Waals surface area contributed by atoms with Gasteiger partial charge in [0.05, 0.1) is 22.6 Å². The van der Waals surface area contributed by atoms with Crippen LogP contribution >= 0.6 is 0 Å². The minimum Gasteiger partial charge on any atom is -0.457 e. The summed E-state index contributed by atoms with van der Waals surface area (Å²) in [6.07, 6.45) is 0. The molecule has 250 valence electrons. The molecule has 8 aromatic rings. The maximum atomic E-state index is 10.6. The molecule has 0 bridgehead atoms. The first-order valence-electron chi connectivity index (χ1n) is 18.0. The average Bonchev–Trinajstić information content (AvgIpc) is 3.53. The van der Waals surface area contributed by atoms with E-state index in [0.717, 1.165) is 67.1 Å². The molecule has 0 amide bonds. The second-order valence-electron chi connectivity index (χ2n) is 13.8. The normalized spacial score (nSPS) is 12.7. The van der Waals surface area contributed by atoms with Gasteiger partial charge in [0.25, 0.3) is 0 Å². The molecule has 0 saturated heterocycles. The van der Waals surface area contributed by atoms with Crippen molar-refractivity contribution in [2.45, 2.75) is 5.41 Å². The van der Waals surface area contributed by atoms with E-state index in [4.69, 9.17) is 4.74 Å². The van der Waals surface area contributed by atoms with Gasteiger partial charge in [0.2, 0.25) is 0 Å². The molecule has 8 aromatic carbocycles. The van der Waals surface area contributed by atoms with Gasteiger partial charge in [-0.15, -0.1) is 0 Å². The summed E-state index contributed by atoms with van der Waals surface area (Å²) in [6, 6.07) is 67.8. The van der Waals surface area contributed by atoms with E-state index in [0.29, 0.717) is 11.1 Å². The van der Waals surface area contributed by atoms with Crippen LogP contribution in [-0.2, 0) is 5.41 Å². The van der Waals surface area contributed by atoms with Crippen LogP contribution in [0.3, 0.4) is 0 Å². The maximum absolute atomic E-state index is 10.6. The molecule has 0 saturated carbocycles. The van der Waals surface area contributed by atoms with Crippen LogP contribution in [-0.4, -0.2) is 0 Å². The first-order valence-corrected chi connectivity index (χ1v) is 18.0. The zero-order valence-electron chi connectivity index (χ0n) is 29.1. The van der Waals surface area contributed by atoms with E-state index in [1.807, 2.05) is 72.8 Å². The molecular weight excluding hydrogens is 657 g/mol. The van der Waals surface area contributed by atoms with Crippen LogP contribution in [0.1, 0.15) is 33.4 Å². The molecule has 2 aliphatic rings. The number of nitriles is 2. The Morgan fingerprint density at radius 3 is 1.31 bits per heavy atom. The third-order valence-electron chi connectivity index (χ3n) is 11.0. The van der Waals surface area contributed by atoms with Crippen LogP contribution in [0.4, 0.5) is 0 Å². The number of ether oxygens (including phenoxy) is 1. The zero-order valence-corrected chi connectivity index (χ0v) is 29.1. The van der Waals surface area contributed by atoms with Gasteiger partial charge in [0.1, 0.15) is 17.6 Å². The molecule has 0 aromatic heterocycles. The molecule has 3 heteroatoms. The summed E-state index contributed by atoms with van der Waals surface area (Å²) in [5.41, 5.74) is 15.6. The predicted octanol–water partition coefficient (Wildman–Crippen LogP) is 12.6. The third-order valence-corrected chi connectivity index (χ3v) is 11.0. The molecule has 1 heterocycles. The highest BCUT2D eigenvalue weighted by atomic mass is 16.5. The van der Waals surface area contributed by atoms with Crippen LogP contribution in [0.2, 0.25) is 0 Å². The number of rotatable bonds is 4. The van der Waals surface area contributed by atoms with E-state index >= 15 is 0 Å². The van der Waals surface area contributed by atoms with Crippen molar-refractivity contribution in [3.05, 3.63) is 215 Å².